The van der Waals surface area contributed by atoms with Crippen LogP contribution in [0.1, 0.15) is 15.9 Å². The van der Waals surface area contributed by atoms with E-state index in [2.05, 4.69) is 16.0 Å². The number of amides is 3. The molecule has 214 valence electrons. The van der Waals surface area contributed by atoms with Crippen molar-refractivity contribution in [2.75, 3.05) is 23.5 Å². The number of ether oxygens (including phenoxy) is 1. The summed E-state index contributed by atoms with van der Waals surface area (Å²) in [6.07, 6.45) is 1.48. The molecule has 0 saturated heterocycles. The number of benzene rings is 4. The fourth-order valence-corrected chi connectivity index (χ4v) is 5.14. The van der Waals surface area contributed by atoms with Gasteiger partial charge in [0.25, 0.3) is 11.8 Å². The molecule has 0 atom stereocenters. The molecule has 4 rings (SSSR count). The zero-order chi connectivity index (χ0) is 30.1. The summed E-state index contributed by atoms with van der Waals surface area (Å²) in [6.45, 7) is 0. The molecule has 4 aromatic rings. The average Bonchev–Trinajstić information content (AvgIpc) is 2.97. The second kappa shape index (κ2) is 14.8. The maximum atomic E-state index is 13.4. The lowest BCUT2D eigenvalue weighted by Crippen LogP contribution is -2.30. The molecule has 0 aliphatic heterocycles. The number of hydrogen-bond donors (Lipinski definition) is 3. The van der Waals surface area contributed by atoms with E-state index in [9.17, 15) is 14.4 Å². The Kier molecular flexibility index (Phi) is 10.9. The lowest BCUT2D eigenvalue weighted by atomic mass is 10.1. The molecule has 4 aromatic carbocycles. The van der Waals surface area contributed by atoms with Gasteiger partial charge in [0.2, 0.25) is 5.91 Å². The Balaban J connectivity index is 1.45. The predicted octanol–water partition coefficient (Wildman–Crippen LogP) is 7.80. The summed E-state index contributed by atoms with van der Waals surface area (Å²) < 4.78 is 5.13. The van der Waals surface area contributed by atoms with E-state index in [1.54, 1.807) is 84.9 Å². The number of anilines is 2. The van der Waals surface area contributed by atoms with E-state index in [1.165, 1.54) is 24.9 Å². The summed E-state index contributed by atoms with van der Waals surface area (Å²) in [6, 6.07) is 25.3. The summed E-state index contributed by atoms with van der Waals surface area (Å²) in [7, 11) is 1.51. The van der Waals surface area contributed by atoms with Gasteiger partial charge in [0.1, 0.15) is 11.4 Å². The van der Waals surface area contributed by atoms with E-state index in [-0.39, 0.29) is 17.4 Å². The van der Waals surface area contributed by atoms with Crippen LogP contribution < -0.4 is 20.7 Å². The van der Waals surface area contributed by atoms with E-state index in [0.29, 0.717) is 43.3 Å². The lowest BCUT2D eigenvalue weighted by molar-refractivity contribution is -0.114. The van der Waals surface area contributed by atoms with E-state index in [1.807, 2.05) is 6.07 Å². The fourth-order valence-electron chi connectivity index (χ4n) is 3.67. The molecule has 0 unspecified atom stereocenters. The van der Waals surface area contributed by atoms with Gasteiger partial charge in [0, 0.05) is 31.9 Å². The largest absolute Gasteiger partial charge is 0.495 e. The van der Waals surface area contributed by atoms with Crippen LogP contribution in [0.15, 0.2) is 102 Å². The molecule has 7 nitrogen and oxygen atoms in total. The Labute approximate surface area is 262 Å². The number of methoxy groups -OCH3 is 1. The first-order valence-electron chi connectivity index (χ1n) is 12.4. The van der Waals surface area contributed by atoms with Crippen molar-refractivity contribution in [1.29, 1.82) is 0 Å². The van der Waals surface area contributed by atoms with Gasteiger partial charge in [-0.15, -0.1) is 11.8 Å². The third-order valence-electron chi connectivity index (χ3n) is 5.69. The molecule has 0 aliphatic carbocycles. The number of thioether (sulfide) groups is 1. The molecular weight excluding hydrogens is 617 g/mol. The van der Waals surface area contributed by atoms with E-state index >= 15 is 0 Å². The molecule has 0 radical (unpaired) electrons. The van der Waals surface area contributed by atoms with Crippen LogP contribution in [0.2, 0.25) is 15.1 Å². The molecule has 11 heteroatoms. The van der Waals surface area contributed by atoms with Crippen LogP contribution in [-0.2, 0) is 9.59 Å². The van der Waals surface area contributed by atoms with Gasteiger partial charge in [-0.2, -0.15) is 0 Å². The summed E-state index contributed by atoms with van der Waals surface area (Å²) in [5.74, 6) is -0.632. The van der Waals surface area contributed by atoms with Crippen molar-refractivity contribution in [2.24, 2.45) is 0 Å². The van der Waals surface area contributed by atoms with Gasteiger partial charge >= 0.3 is 0 Å². The maximum absolute atomic E-state index is 13.4. The highest BCUT2D eigenvalue weighted by atomic mass is 35.5. The minimum Gasteiger partial charge on any atom is -0.495 e. The van der Waals surface area contributed by atoms with Gasteiger partial charge in [-0.05, 0) is 72.3 Å². The first kappa shape index (κ1) is 31.0. The van der Waals surface area contributed by atoms with Gasteiger partial charge in [-0.25, -0.2) is 0 Å². The predicted molar refractivity (Wildman–Crippen MR) is 171 cm³/mol. The number of carbonyl (C=O) groups excluding carboxylic acids is 3. The van der Waals surface area contributed by atoms with Gasteiger partial charge < -0.3 is 20.7 Å². The topological polar surface area (TPSA) is 96.5 Å². The zero-order valence-corrected chi connectivity index (χ0v) is 25.2. The van der Waals surface area contributed by atoms with Crippen LogP contribution in [0.3, 0.4) is 0 Å². The molecule has 0 heterocycles. The Morgan fingerprint density at radius 3 is 2.29 bits per heavy atom. The summed E-state index contributed by atoms with van der Waals surface area (Å²) in [4.78, 5) is 39.5. The zero-order valence-electron chi connectivity index (χ0n) is 22.1. The van der Waals surface area contributed by atoms with E-state index < -0.39 is 11.8 Å². The van der Waals surface area contributed by atoms with E-state index in [0.717, 1.165) is 4.90 Å². The number of carbonyl (C=O) groups is 3. The monoisotopic (exact) mass is 639 g/mol. The highest BCUT2D eigenvalue weighted by Crippen LogP contribution is 2.28. The van der Waals surface area contributed by atoms with Gasteiger partial charge in [-0.3, -0.25) is 14.4 Å². The van der Waals surface area contributed by atoms with Crippen molar-refractivity contribution in [1.82, 2.24) is 5.32 Å². The SMILES string of the molecule is COc1ccc(NC(=O)CSc2cccc(NC(=O)/C(=C\c3ccc(Cl)cc3Cl)NC(=O)c3ccccc3)c2)cc1Cl. The minimum absolute atomic E-state index is 0.0244. The van der Waals surface area contributed by atoms with Gasteiger partial charge in [0.05, 0.1) is 17.9 Å². The Morgan fingerprint density at radius 2 is 1.57 bits per heavy atom. The third-order valence-corrected chi connectivity index (χ3v) is 7.54. The number of hydrogen-bond acceptors (Lipinski definition) is 5. The van der Waals surface area contributed by atoms with Crippen LogP contribution in [0, 0.1) is 0 Å². The van der Waals surface area contributed by atoms with Crippen LogP contribution in [0.5, 0.6) is 5.75 Å². The van der Waals surface area contributed by atoms with E-state index in [4.69, 9.17) is 39.5 Å². The minimum atomic E-state index is -0.568. The van der Waals surface area contributed by atoms with Crippen LogP contribution >= 0.6 is 46.6 Å². The molecule has 3 amide bonds. The molecule has 3 N–H and O–H groups in total. The van der Waals surface area contributed by atoms with Crippen molar-refractivity contribution >= 4 is 81.7 Å². The summed E-state index contributed by atoms with van der Waals surface area (Å²) in [5, 5.41) is 9.41. The average molecular weight is 641 g/mol. The van der Waals surface area contributed by atoms with Gasteiger partial charge in [-0.1, -0.05) is 65.1 Å². The molecule has 42 heavy (non-hydrogen) atoms. The Hall–Kier alpha value is -3.95. The number of nitrogens with one attached hydrogen (secondary N) is 3. The fraction of sp³-hybridized carbons (Fsp3) is 0.0645. The molecule has 0 spiro atoms. The highest BCUT2D eigenvalue weighted by Gasteiger charge is 2.16. The molecule has 0 bridgehead atoms. The lowest BCUT2D eigenvalue weighted by Gasteiger charge is -2.13. The van der Waals surface area contributed by atoms with Crippen LogP contribution in [0.25, 0.3) is 6.08 Å². The second-order valence-electron chi connectivity index (χ2n) is 8.71. The quantitative estimate of drug-likeness (QED) is 0.121. The molecule has 0 saturated carbocycles. The van der Waals surface area contributed by atoms with Crippen molar-refractivity contribution in [3.8, 4) is 5.75 Å². The van der Waals surface area contributed by atoms with Crippen LogP contribution in [-0.4, -0.2) is 30.6 Å². The molecule has 0 aromatic heterocycles. The summed E-state index contributed by atoms with van der Waals surface area (Å²) in [5.41, 5.74) is 1.86. The smallest absolute Gasteiger partial charge is 0.272 e. The molecule has 0 aliphatic rings. The first-order chi connectivity index (χ1) is 20.2. The molecular formula is C31H24Cl3N3O4S. The standard InChI is InChI=1S/C31H24Cl3N3O4S/c1-41-28-13-12-23(17-26(28)34)35-29(38)18-42-24-9-5-8-22(16-24)36-31(40)27(14-20-10-11-21(32)15-25(20)33)37-30(39)19-6-3-2-4-7-19/h2-17H,18H2,1H3,(H,35,38)(H,36,40)(H,37,39)/b27-14+. The third kappa shape index (κ3) is 8.77. The second-order valence-corrected chi connectivity index (χ2v) is 11.0. The molecule has 0 fully saturated rings. The number of halogens is 3. The Morgan fingerprint density at radius 1 is 0.810 bits per heavy atom. The number of rotatable bonds is 10. The Bertz CT molecular complexity index is 1650. The van der Waals surface area contributed by atoms with Crippen LogP contribution in [0.4, 0.5) is 11.4 Å². The highest BCUT2D eigenvalue weighted by molar-refractivity contribution is 8.00. The van der Waals surface area contributed by atoms with Crippen molar-refractivity contribution in [3.63, 3.8) is 0 Å². The normalized spacial score (nSPS) is 11.0. The van der Waals surface area contributed by atoms with Crippen molar-refractivity contribution < 1.29 is 19.1 Å². The maximum Gasteiger partial charge on any atom is 0.272 e. The summed E-state index contributed by atoms with van der Waals surface area (Å²) >= 11 is 19.8. The van der Waals surface area contributed by atoms with Crippen molar-refractivity contribution in [3.05, 3.63) is 123 Å². The van der Waals surface area contributed by atoms with Crippen molar-refractivity contribution in [2.45, 2.75) is 4.90 Å². The first-order valence-corrected chi connectivity index (χ1v) is 14.5. The van der Waals surface area contributed by atoms with Gasteiger partial charge in [0.15, 0.2) is 0 Å².